The molecule has 20 heavy (non-hydrogen) atoms. The number of rotatable bonds is 5. The molecule has 0 fully saturated rings. The lowest BCUT2D eigenvalue weighted by Gasteiger charge is -2.11. The van der Waals surface area contributed by atoms with Crippen molar-refractivity contribution >= 4 is 29.3 Å². The molecule has 7 heteroatoms. The summed E-state index contributed by atoms with van der Waals surface area (Å²) in [5.74, 6) is -1.55. The molecule has 0 radical (unpaired) electrons. The first-order chi connectivity index (χ1) is 9.58. The van der Waals surface area contributed by atoms with Crippen LogP contribution in [0.4, 0.5) is 0 Å². The van der Waals surface area contributed by atoms with Crippen molar-refractivity contribution in [2.45, 2.75) is 6.04 Å². The number of carboxylic acid groups (broad SMARTS) is 1. The molecule has 0 bridgehead atoms. The molecule has 2 aromatic heterocycles. The van der Waals surface area contributed by atoms with Crippen molar-refractivity contribution in [2.24, 2.45) is 7.05 Å². The van der Waals surface area contributed by atoms with Gasteiger partial charge in [-0.1, -0.05) is 6.07 Å². The van der Waals surface area contributed by atoms with E-state index in [0.717, 1.165) is 5.69 Å². The molecular weight excluding hydrogens is 278 g/mol. The van der Waals surface area contributed by atoms with Gasteiger partial charge in [-0.05, 0) is 23.6 Å². The van der Waals surface area contributed by atoms with Crippen LogP contribution in [0.5, 0.6) is 0 Å². The van der Waals surface area contributed by atoms with Gasteiger partial charge in [0.25, 0.3) is 0 Å². The normalized spacial score (nSPS) is 12.4. The summed E-state index contributed by atoms with van der Waals surface area (Å²) in [6, 6.07) is 4.14. The van der Waals surface area contributed by atoms with Gasteiger partial charge in [-0.3, -0.25) is 9.48 Å². The Balaban J connectivity index is 2.04. The first-order valence-corrected chi connectivity index (χ1v) is 6.68. The smallest absolute Gasteiger partial charge is 0.331 e. The molecule has 104 valence electrons. The molecule has 0 saturated heterocycles. The molecule has 2 heterocycles. The maximum atomic E-state index is 11.8. The van der Waals surface area contributed by atoms with Crippen LogP contribution in [0, 0.1) is 0 Å². The average molecular weight is 291 g/mol. The lowest BCUT2D eigenvalue weighted by atomic mass is 10.2. The number of thiophene rings is 1. The number of carbonyl (C=O) groups is 2. The molecule has 2 N–H and O–H groups in total. The number of carbonyl (C=O) groups excluding carboxylic acids is 1. The maximum absolute atomic E-state index is 11.8. The molecule has 0 saturated carbocycles. The second kappa shape index (κ2) is 6.16. The number of nitrogens with one attached hydrogen (secondary N) is 1. The monoisotopic (exact) mass is 291 g/mol. The van der Waals surface area contributed by atoms with Crippen LogP contribution in [0.1, 0.15) is 16.6 Å². The molecule has 1 amide bonds. The zero-order valence-corrected chi connectivity index (χ0v) is 11.5. The van der Waals surface area contributed by atoms with Crippen molar-refractivity contribution in [1.82, 2.24) is 15.1 Å². The maximum Gasteiger partial charge on any atom is 0.331 e. The van der Waals surface area contributed by atoms with Crippen LogP contribution in [-0.2, 0) is 16.6 Å². The Bertz CT molecular complexity index is 631. The van der Waals surface area contributed by atoms with Gasteiger partial charge in [0.15, 0.2) is 6.04 Å². The van der Waals surface area contributed by atoms with Gasteiger partial charge in [0, 0.05) is 24.2 Å². The van der Waals surface area contributed by atoms with Gasteiger partial charge in [0.1, 0.15) is 0 Å². The number of aliphatic carboxylic acids is 1. The number of nitrogens with zero attached hydrogens (tertiary/aromatic N) is 2. The van der Waals surface area contributed by atoms with Crippen LogP contribution in [0.3, 0.4) is 0 Å². The third-order valence-electron chi connectivity index (χ3n) is 2.63. The number of aromatic nitrogens is 2. The van der Waals surface area contributed by atoms with Crippen LogP contribution < -0.4 is 5.32 Å². The molecule has 0 spiro atoms. The fourth-order valence-electron chi connectivity index (χ4n) is 1.61. The van der Waals surface area contributed by atoms with E-state index in [1.807, 2.05) is 0 Å². The topological polar surface area (TPSA) is 84.2 Å². The molecule has 0 aliphatic carbocycles. The fraction of sp³-hybridized carbons (Fsp3) is 0.154. The summed E-state index contributed by atoms with van der Waals surface area (Å²) in [4.78, 5) is 23.5. The Hall–Kier alpha value is -2.41. The van der Waals surface area contributed by atoms with Crippen molar-refractivity contribution in [2.75, 3.05) is 0 Å². The second-order valence-corrected chi connectivity index (χ2v) is 4.99. The van der Waals surface area contributed by atoms with Gasteiger partial charge >= 0.3 is 5.97 Å². The van der Waals surface area contributed by atoms with Crippen LogP contribution >= 0.6 is 11.3 Å². The standard InChI is InChI=1S/C13H13N3O3S/c1-16-9(6-7-14-16)4-5-11(17)15-12(13(18)19)10-3-2-8-20-10/h2-8,12H,1H3,(H,15,17)(H,18,19)/b5-4+. The first-order valence-electron chi connectivity index (χ1n) is 5.80. The van der Waals surface area contributed by atoms with E-state index in [9.17, 15) is 9.59 Å². The van der Waals surface area contributed by atoms with Crippen molar-refractivity contribution < 1.29 is 14.7 Å². The van der Waals surface area contributed by atoms with Crippen LogP contribution in [0.2, 0.25) is 0 Å². The Labute approximate surface area is 119 Å². The summed E-state index contributed by atoms with van der Waals surface area (Å²) in [7, 11) is 1.75. The minimum absolute atomic E-state index is 0.466. The molecule has 0 aromatic carbocycles. The van der Waals surface area contributed by atoms with Crippen LogP contribution in [-0.4, -0.2) is 26.8 Å². The predicted octanol–water partition coefficient (Wildman–Crippen LogP) is 1.44. The van der Waals surface area contributed by atoms with Crippen molar-refractivity contribution in [3.63, 3.8) is 0 Å². The van der Waals surface area contributed by atoms with Crippen molar-refractivity contribution in [3.8, 4) is 0 Å². The molecular formula is C13H13N3O3S. The van der Waals surface area contributed by atoms with Gasteiger partial charge in [-0.25, -0.2) is 4.79 Å². The number of amides is 1. The molecule has 6 nitrogen and oxygen atoms in total. The minimum Gasteiger partial charge on any atom is -0.479 e. The highest BCUT2D eigenvalue weighted by molar-refractivity contribution is 7.10. The van der Waals surface area contributed by atoms with Crippen LogP contribution in [0.15, 0.2) is 35.9 Å². The van der Waals surface area contributed by atoms with Gasteiger partial charge < -0.3 is 10.4 Å². The quantitative estimate of drug-likeness (QED) is 0.816. The number of aryl methyl sites for hydroxylation is 1. The SMILES string of the molecule is Cn1nccc1/C=C/C(=O)NC(C(=O)O)c1cccs1. The summed E-state index contributed by atoms with van der Waals surface area (Å²) >= 11 is 1.29. The highest BCUT2D eigenvalue weighted by Crippen LogP contribution is 2.19. The number of hydrogen-bond acceptors (Lipinski definition) is 4. The molecule has 0 aliphatic rings. The first kappa shape index (κ1) is 14.0. The van der Waals surface area contributed by atoms with E-state index < -0.39 is 17.9 Å². The van der Waals surface area contributed by atoms with E-state index in [-0.39, 0.29) is 0 Å². The summed E-state index contributed by atoms with van der Waals surface area (Å²) in [5.41, 5.74) is 0.753. The fourth-order valence-corrected chi connectivity index (χ4v) is 2.38. The molecule has 2 rings (SSSR count). The Morgan fingerprint density at radius 2 is 2.30 bits per heavy atom. The average Bonchev–Trinajstić information content (AvgIpc) is 3.04. The number of hydrogen-bond donors (Lipinski definition) is 2. The minimum atomic E-state index is -1.09. The third kappa shape index (κ3) is 3.33. The van der Waals surface area contributed by atoms with Crippen molar-refractivity contribution in [3.05, 3.63) is 46.4 Å². The summed E-state index contributed by atoms with van der Waals surface area (Å²) in [6.45, 7) is 0. The van der Waals surface area contributed by atoms with E-state index in [4.69, 9.17) is 5.11 Å². The molecule has 1 unspecified atom stereocenters. The molecule has 0 aliphatic heterocycles. The zero-order valence-electron chi connectivity index (χ0n) is 10.7. The van der Waals surface area contributed by atoms with Gasteiger partial charge in [0.05, 0.1) is 5.69 Å². The summed E-state index contributed by atoms with van der Waals surface area (Å²) in [5, 5.41) is 17.3. The van der Waals surface area contributed by atoms with Gasteiger partial charge in [-0.2, -0.15) is 5.10 Å². The Kier molecular flexibility index (Phi) is 4.31. The van der Waals surface area contributed by atoms with E-state index in [0.29, 0.717) is 4.88 Å². The molecule has 2 aromatic rings. The van der Waals surface area contributed by atoms with E-state index in [2.05, 4.69) is 10.4 Å². The van der Waals surface area contributed by atoms with Crippen molar-refractivity contribution in [1.29, 1.82) is 0 Å². The Morgan fingerprint density at radius 1 is 1.50 bits per heavy atom. The largest absolute Gasteiger partial charge is 0.479 e. The third-order valence-corrected chi connectivity index (χ3v) is 3.56. The van der Waals surface area contributed by atoms with E-state index >= 15 is 0 Å². The van der Waals surface area contributed by atoms with Gasteiger partial charge in [0.2, 0.25) is 5.91 Å². The van der Waals surface area contributed by atoms with Gasteiger partial charge in [-0.15, -0.1) is 11.3 Å². The summed E-state index contributed by atoms with van der Waals surface area (Å²) < 4.78 is 1.61. The second-order valence-electron chi connectivity index (χ2n) is 4.01. The number of carboxylic acids is 1. The lowest BCUT2D eigenvalue weighted by Crippen LogP contribution is -2.31. The zero-order chi connectivity index (χ0) is 14.5. The van der Waals surface area contributed by atoms with E-state index in [1.165, 1.54) is 17.4 Å². The highest BCUT2D eigenvalue weighted by atomic mass is 32.1. The van der Waals surface area contributed by atoms with E-state index in [1.54, 1.807) is 47.6 Å². The van der Waals surface area contributed by atoms with Crippen LogP contribution in [0.25, 0.3) is 6.08 Å². The summed E-state index contributed by atoms with van der Waals surface area (Å²) in [6.07, 6.45) is 4.49. The Morgan fingerprint density at radius 3 is 2.85 bits per heavy atom. The predicted molar refractivity (Wildman–Crippen MR) is 75.1 cm³/mol. The molecule has 1 atom stereocenters. The lowest BCUT2D eigenvalue weighted by molar-refractivity contribution is -0.141. The highest BCUT2D eigenvalue weighted by Gasteiger charge is 2.21.